The molecule has 2 unspecified atom stereocenters. The monoisotopic (exact) mass is 757 g/mol. The average Bonchev–Trinajstić information content (AvgIpc) is 3.58. The van der Waals surface area contributed by atoms with Crippen LogP contribution in [0.15, 0.2) is 48.9 Å². The number of carbonyl (C=O) groups is 6. The number of benzene rings is 1. The first kappa shape index (κ1) is 41.5. The van der Waals surface area contributed by atoms with E-state index in [1.54, 1.807) is 11.8 Å². The number of nitrogens with one attached hydrogen (secondary N) is 4. The molecule has 3 fully saturated rings. The molecular formula is C42H59N7O6. The SMILES string of the molecule is CCCC(NC(=O)[C@@H]1C[C@@H]2CCCC[C@@H]2N1C(=O)[C@@H](NC(=O)C(NC(=O)c1cnccn1)C1CCCCC1)C(C)(C)C)C(=O)C(=O)N[C@@H](C)c1ccccc1. The second kappa shape index (κ2) is 18.8. The van der Waals surface area contributed by atoms with Gasteiger partial charge in [-0.2, -0.15) is 0 Å². The highest BCUT2D eigenvalue weighted by Gasteiger charge is 2.51. The third-order valence-electron chi connectivity index (χ3n) is 11.6. The zero-order valence-corrected chi connectivity index (χ0v) is 33.0. The van der Waals surface area contributed by atoms with Gasteiger partial charge in [0.1, 0.15) is 23.8 Å². The summed E-state index contributed by atoms with van der Waals surface area (Å²) in [6.45, 7) is 9.30. The molecule has 2 saturated carbocycles. The Balaban J connectivity index is 1.36. The Labute approximate surface area is 325 Å². The van der Waals surface area contributed by atoms with E-state index in [9.17, 15) is 28.8 Å². The van der Waals surface area contributed by atoms with E-state index in [1.807, 2.05) is 58.0 Å². The highest BCUT2D eigenvalue weighted by Crippen LogP contribution is 2.41. The van der Waals surface area contributed by atoms with E-state index < -0.39 is 65.0 Å². The molecule has 5 rings (SSSR count). The van der Waals surface area contributed by atoms with Gasteiger partial charge in [-0.1, -0.05) is 96.6 Å². The molecule has 1 aliphatic heterocycles. The molecule has 2 aromatic rings. The molecule has 2 heterocycles. The number of likely N-dealkylation sites (tertiary alicyclic amines) is 1. The minimum absolute atomic E-state index is 0.0846. The minimum atomic E-state index is -1.06. The molecule has 298 valence electrons. The summed E-state index contributed by atoms with van der Waals surface area (Å²) in [5.74, 6) is -3.37. The van der Waals surface area contributed by atoms with Crippen LogP contribution in [-0.2, 0) is 24.0 Å². The van der Waals surface area contributed by atoms with Crippen LogP contribution in [-0.4, -0.2) is 80.4 Å². The molecule has 0 radical (unpaired) electrons. The number of nitrogens with zero attached hydrogens (tertiary/aromatic N) is 3. The lowest BCUT2D eigenvalue weighted by Gasteiger charge is -2.40. The maximum atomic E-state index is 14.9. The van der Waals surface area contributed by atoms with Crippen LogP contribution < -0.4 is 21.3 Å². The van der Waals surface area contributed by atoms with Crippen molar-refractivity contribution in [3.05, 3.63) is 60.2 Å². The van der Waals surface area contributed by atoms with Gasteiger partial charge in [-0.3, -0.25) is 33.8 Å². The molecule has 2 aliphatic carbocycles. The van der Waals surface area contributed by atoms with Crippen molar-refractivity contribution in [2.45, 2.75) is 148 Å². The van der Waals surface area contributed by atoms with Crippen LogP contribution in [0.2, 0.25) is 0 Å². The van der Waals surface area contributed by atoms with Gasteiger partial charge >= 0.3 is 0 Å². The maximum absolute atomic E-state index is 14.9. The molecule has 13 heteroatoms. The van der Waals surface area contributed by atoms with Crippen molar-refractivity contribution >= 4 is 35.3 Å². The van der Waals surface area contributed by atoms with E-state index in [0.29, 0.717) is 12.8 Å². The van der Waals surface area contributed by atoms with E-state index in [4.69, 9.17) is 0 Å². The van der Waals surface area contributed by atoms with E-state index in [0.717, 1.165) is 63.4 Å². The first-order valence-corrected chi connectivity index (χ1v) is 20.2. The summed E-state index contributed by atoms with van der Waals surface area (Å²) in [5, 5.41) is 11.6. The molecular weight excluding hydrogens is 699 g/mol. The topological polar surface area (TPSA) is 180 Å². The number of hydrogen-bond donors (Lipinski definition) is 4. The number of aromatic nitrogens is 2. The Morgan fingerprint density at radius 2 is 1.55 bits per heavy atom. The predicted octanol–water partition coefficient (Wildman–Crippen LogP) is 4.58. The molecule has 1 aromatic heterocycles. The molecule has 1 saturated heterocycles. The van der Waals surface area contributed by atoms with Crippen molar-refractivity contribution in [1.29, 1.82) is 0 Å². The van der Waals surface area contributed by atoms with Crippen LogP contribution in [0.5, 0.6) is 0 Å². The summed E-state index contributed by atoms with van der Waals surface area (Å²) in [7, 11) is 0. The molecule has 13 nitrogen and oxygen atoms in total. The van der Waals surface area contributed by atoms with Gasteiger partial charge in [-0.05, 0) is 68.3 Å². The molecule has 0 spiro atoms. The molecule has 7 atom stereocenters. The average molecular weight is 758 g/mol. The normalized spacial score (nSPS) is 22.3. The van der Waals surface area contributed by atoms with Gasteiger partial charge in [0.25, 0.3) is 11.8 Å². The summed E-state index contributed by atoms with van der Waals surface area (Å²) >= 11 is 0. The first-order valence-electron chi connectivity index (χ1n) is 20.2. The highest BCUT2D eigenvalue weighted by atomic mass is 16.2. The van der Waals surface area contributed by atoms with Gasteiger partial charge in [-0.25, -0.2) is 4.98 Å². The van der Waals surface area contributed by atoms with Crippen LogP contribution >= 0.6 is 0 Å². The lowest BCUT2D eigenvalue weighted by Crippen LogP contribution is -2.63. The van der Waals surface area contributed by atoms with E-state index in [-0.39, 0.29) is 35.9 Å². The second-order valence-corrected chi connectivity index (χ2v) is 16.7. The van der Waals surface area contributed by atoms with Gasteiger partial charge < -0.3 is 26.2 Å². The third-order valence-corrected chi connectivity index (χ3v) is 11.6. The number of carbonyl (C=O) groups excluding carboxylic acids is 6. The van der Waals surface area contributed by atoms with Crippen molar-refractivity contribution in [3.63, 3.8) is 0 Å². The second-order valence-electron chi connectivity index (χ2n) is 16.7. The minimum Gasteiger partial charge on any atom is -0.344 e. The fraction of sp³-hybridized carbons (Fsp3) is 0.619. The zero-order valence-electron chi connectivity index (χ0n) is 33.0. The molecule has 5 amide bonds. The fourth-order valence-electron chi connectivity index (χ4n) is 8.61. The Morgan fingerprint density at radius 1 is 0.855 bits per heavy atom. The number of Topliss-reactive ketones (excluding diaryl/α,β-unsaturated/α-hetero) is 1. The van der Waals surface area contributed by atoms with Crippen LogP contribution in [0, 0.1) is 17.3 Å². The summed E-state index contributed by atoms with van der Waals surface area (Å²) in [5.41, 5.74) is 0.179. The predicted molar refractivity (Wildman–Crippen MR) is 207 cm³/mol. The first-order chi connectivity index (χ1) is 26.3. The standard InChI is InChI=1S/C42H59N7O6/c1-6-15-30(35(50)40(54)45-26(2)27-16-9-7-10-17-27)46-38(52)33-24-29-20-13-14-21-32(29)49(33)41(55)36(42(3,4)5)48-39(53)34(28-18-11-8-12-19-28)47-37(51)31-25-43-22-23-44-31/h7,9-10,16-17,22-23,25-26,28-30,32-34,36H,6,8,11-15,18-21,24H2,1-5H3,(H,45,54)(H,46,52)(H,47,51)(H,48,53)/t26-,29-,30?,32-,33-,34?,36+/m0/s1. The summed E-state index contributed by atoms with van der Waals surface area (Å²) < 4.78 is 0. The Morgan fingerprint density at radius 3 is 2.20 bits per heavy atom. The maximum Gasteiger partial charge on any atom is 0.290 e. The Bertz CT molecular complexity index is 1660. The van der Waals surface area contributed by atoms with E-state index in [1.165, 1.54) is 18.6 Å². The molecule has 55 heavy (non-hydrogen) atoms. The lowest BCUT2D eigenvalue weighted by molar-refractivity contribution is -0.147. The van der Waals surface area contributed by atoms with Crippen molar-refractivity contribution < 1.29 is 28.8 Å². The number of amides is 5. The quantitative estimate of drug-likeness (QED) is 0.202. The summed E-state index contributed by atoms with van der Waals surface area (Å²) in [6.07, 6.45) is 13.4. The Hall–Kier alpha value is -4.68. The number of rotatable bonds is 14. The third kappa shape index (κ3) is 10.3. The zero-order chi connectivity index (χ0) is 39.7. The summed E-state index contributed by atoms with van der Waals surface area (Å²) in [6, 6.07) is 4.83. The van der Waals surface area contributed by atoms with Crippen molar-refractivity contribution in [1.82, 2.24) is 36.1 Å². The van der Waals surface area contributed by atoms with Crippen molar-refractivity contribution in [2.24, 2.45) is 17.3 Å². The van der Waals surface area contributed by atoms with E-state index >= 15 is 0 Å². The fourth-order valence-corrected chi connectivity index (χ4v) is 8.61. The van der Waals surface area contributed by atoms with Crippen LogP contribution in [0.25, 0.3) is 0 Å². The van der Waals surface area contributed by atoms with Gasteiger partial charge in [0.05, 0.1) is 18.3 Å². The number of hydrogen-bond acceptors (Lipinski definition) is 8. The van der Waals surface area contributed by atoms with E-state index in [2.05, 4.69) is 31.2 Å². The number of ketones is 1. The number of fused-ring (bicyclic) bond motifs is 1. The molecule has 3 aliphatic rings. The molecule has 1 aromatic carbocycles. The van der Waals surface area contributed by atoms with Gasteiger partial charge in [0.2, 0.25) is 23.5 Å². The van der Waals surface area contributed by atoms with Gasteiger partial charge in [-0.15, -0.1) is 0 Å². The van der Waals surface area contributed by atoms with Crippen LogP contribution in [0.4, 0.5) is 0 Å². The smallest absolute Gasteiger partial charge is 0.290 e. The van der Waals surface area contributed by atoms with Crippen LogP contribution in [0.3, 0.4) is 0 Å². The van der Waals surface area contributed by atoms with Gasteiger partial charge in [0.15, 0.2) is 0 Å². The summed E-state index contributed by atoms with van der Waals surface area (Å²) in [4.78, 5) is 93.3. The largest absolute Gasteiger partial charge is 0.344 e. The van der Waals surface area contributed by atoms with Gasteiger partial charge in [0, 0.05) is 18.4 Å². The highest BCUT2D eigenvalue weighted by molar-refractivity contribution is 6.38. The molecule has 0 bridgehead atoms. The van der Waals surface area contributed by atoms with Crippen molar-refractivity contribution in [3.8, 4) is 0 Å². The molecule has 4 N–H and O–H groups in total. The Kier molecular flexibility index (Phi) is 14.2. The van der Waals surface area contributed by atoms with Crippen LogP contribution in [0.1, 0.15) is 134 Å². The lowest BCUT2D eigenvalue weighted by atomic mass is 9.81. The van der Waals surface area contributed by atoms with Crippen molar-refractivity contribution in [2.75, 3.05) is 0 Å².